The molecule has 1 fully saturated rings. The van der Waals surface area contributed by atoms with Gasteiger partial charge in [0.05, 0.1) is 18.3 Å². The molecule has 2 aromatic carbocycles. The fourth-order valence-electron chi connectivity index (χ4n) is 2.78. The second kappa shape index (κ2) is 8.76. The van der Waals surface area contributed by atoms with Crippen molar-refractivity contribution in [2.45, 2.75) is 37.9 Å². The molecule has 132 valence electrons. The lowest BCUT2D eigenvalue weighted by Crippen LogP contribution is -2.43. The van der Waals surface area contributed by atoms with Gasteiger partial charge in [0.15, 0.2) is 6.29 Å². The monoisotopic (exact) mass is 342 g/mol. The van der Waals surface area contributed by atoms with Crippen LogP contribution in [0, 0.1) is 0 Å². The van der Waals surface area contributed by atoms with Crippen molar-refractivity contribution in [2.75, 3.05) is 6.61 Å². The van der Waals surface area contributed by atoms with Gasteiger partial charge < -0.3 is 19.3 Å². The molecule has 3 rings (SSSR count). The van der Waals surface area contributed by atoms with Crippen LogP contribution in [0.2, 0.25) is 0 Å². The molecule has 0 radical (unpaired) electrons. The van der Waals surface area contributed by atoms with Gasteiger partial charge in [-0.1, -0.05) is 48.5 Å². The summed E-state index contributed by atoms with van der Waals surface area (Å²) in [4.78, 5) is 12.1. The molecule has 1 aliphatic heterocycles. The standard InChI is InChI=1S/C20H22O5/c21-19-12-11-17(23-13-15-7-3-1-4-8-15)18(25-19)14-24-20(22)16-9-5-2-6-10-16/h1-10,17-19,21H,11-14H2/t17-,18+,19-/m0/s1. The van der Waals surface area contributed by atoms with Gasteiger partial charge >= 0.3 is 5.97 Å². The highest BCUT2D eigenvalue weighted by atomic mass is 16.6. The average molecular weight is 342 g/mol. The molecule has 0 unspecified atom stereocenters. The van der Waals surface area contributed by atoms with E-state index in [1.54, 1.807) is 24.3 Å². The van der Waals surface area contributed by atoms with E-state index in [1.165, 1.54) is 0 Å². The molecule has 0 bridgehead atoms. The normalized spacial score (nSPS) is 23.2. The molecule has 3 atom stereocenters. The SMILES string of the molecule is O=C(OC[C@H]1O[C@H](O)CC[C@@H]1OCc1ccccc1)c1ccccc1. The fraction of sp³-hybridized carbons (Fsp3) is 0.350. The third-order valence-corrected chi connectivity index (χ3v) is 4.14. The highest BCUT2D eigenvalue weighted by Gasteiger charge is 2.32. The Labute approximate surface area is 147 Å². The van der Waals surface area contributed by atoms with E-state index in [4.69, 9.17) is 14.2 Å². The van der Waals surface area contributed by atoms with Gasteiger partial charge in [-0.15, -0.1) is 0 Å². The molecule has 0 aliphatic carbocycles. The molecule has 1 aliphatic rings. The summed E-state index contributed by atoms with van der Waals surface area (Å²) in [6.45, 7) is 0.498. The molecule has 1 saturated heterocycles. The van der Waals surface area contributed by atoms with Crippen LogP contribution in [0.5, 0.6) is 0 Å². The largest absolute Gasteiger partial charge is 0.459 e. The van der Waals surface area contributed by atoms with Crippen molar-refractivity contribution >= 4 is 5.97 Å². The van der Waals surface area contributed by atoms with Crippen molar-refractivity contribution in [2.24, 2.45) is 0 Å². The molecule has 0 saturated carbocycles. The number of hydrogen-bond donors (Lipinski definition) is 1. The number of ether oxygens (including phenoxy) is 3. The molecule has 5 heteroatoms. The minimum absolute atomic E-state index is 0.0459. The third-order valence-electron chi connectivity index (χ3n) is 4.14. The summed E-state index contributed by atoms with van der Waals surface area (Å²) in [6, 6.07) is 18.6. The fourth-order valence-corrected chi connectivity index (χ4v) is 2.78. The number of carbonyl (C=O) groups is 1. The van der Waals surface area contributed by atoms with Crippen LogP contribution in [0.1, 0.15) is 28.8 Å². The number of rotatable bonds is 6. The van der Waals surface area contributed by atoms with Gasteiger partial charge in [-0.05, 0) is 24.1 Å². The quantitative estimate of drug-likeness (QED) is 0.818. The summed E-state index contributed by atoms with van der Waals surface area (Å²) in [5.74, 6) is -0.411. The third kappa shape index (κ3) is 5.13. The van der Waals surface area contributed by atoms with E-state index < -0.39 is 18.4 Å². The van der Waals surface area contributed by atoms with Crippen molar-refractivity contribution < 1.29 is 24.1 Å². The van der Waals surface area contributed by atoms with Gasteiger partial charge in [0.25, 0.3) is 0 Å². The summed E-state index contributed by atoms with van der Waals surface area (Å²) in [5.41, 5.74) is 1.55. The summed E-state index contributed by atoms with van der Waals surface area (Å²) < 4.78 is 16.8. The predicted octanol–water partition coefficient (Wildman–Crippen LogP) is 2.93. The maximum atomic E-state index is 12.1. The summed E-state index contributed by atoms with van der Waals surface area (Å²) in [6.07, 6.45) is -0.409. The van der Waals surface area contributed by atoms with E-state index in [0.717, 1.165) is 5.56 Å². The van der Waals surface area contributed by atoms with Crippen molar-refractivity contribution in [3.8, 4) is 0 Å². The molecule has 0 amide bonds. The number of hydrogen-bond acceptors (Lipinski definition) is 5. The highest BCUT2D eigenvalue weighted by molar-refractivity contribution is 5.89. The van der Waals surface area contributed by atoms with Gasteiger partial charge in [0, 0.05) is 6.42 Å². The van der Waals surface area contributed by atoms with Gasteiger partial charge in [-0.3, -0.25) is 0 Å². The van der Waals surface area contributed by atoms with Crippen LogP contribution in [0.25, 0.3) is 0 Å². The van der Waals surface area contributed by atoms with E-state index in [9.17, 15) is 9.90 Å². The van der Waals surface area contributed by atoms with Crippen LogP contribution in [-0.2, 0) is 20.8 Å². The highest BCUT2D eigenvalue weighted by Crippen LogP contribution is 2.23. The summed E-state index contributed by atoms with van der Waals surface area (Å²) >= 11 is 0. The first-order valence-electron chi connectivity index (χ1n) is 8.43. The van der Waals surface area contributed by atoms with E-state index >= 15 is 0 Å². The maximum absolute atomic E-state index is 12.1. The topological polar surface area (TPSA) is 65.0 Å². The van der Waals surface area contributed by atoms with Gasteiger partial charge in [-0.2, -0.15) is 0 Å². The zero-order valence-electron chi connectivity index (χ0n) is 13.9. The Morgan fingerprint density at radius 1 is 1.04 bits per heavy atom. The second-order valence-electron chi connectivity index (χ2n) is 6.01. The first-order chi connectivity index (χ1) is 12.2. The lowest BCUT2D eigenvalue weighted by molar-refractivity contribution is -0.220. The smallest absolute Gasteiger partial charge is 0.338 e. The van der Waals surface area contributed by atoms with Crippen LogP contribution in [0.3, 0.4) is 0 Å². The van der Waals surface area contributed by atoms with Crippen LogP contribution < -0.4 is 0 Å². The predicted molar refractivity (Wildman–Crippen MR) is 91.9 cm³/mol. The van der Waals surface area contributed by atoms with E-state index in [1.807, 2.05) is 36.4 Å². The zero-order chi connectivity index (χ0) is 17.5. The van der Waals surface area contributed by atoms with Crippen LogP contribution in [0.4, 0.5) is 0 Å². The number of carbonyl (C=O) groups excluding carboxylic acids is 1. The Morgan fingerprint density at radius 2 is 1.72 bits per heavy atom. The van der Waals surface area contributed by atoms with Crippen LogP contribution in [0.15, 0.2) is 60.7 Å². The van der Waals surface area contributed by atoms with Gasteiger partial charge in [-0.25, -0.2) is 4.79 Å². The lowest BCUT2D eigenvalue weighted by atomic mass is 10.0. The van der Waals surface area contributed by atoms with Crippen molar-refractivity contribution in [1.82, 2.24) is 0 Å². The molecule has 25 heavy (non-hydrogen) atoms. The van der Waals surface area contributed by atoms with Crippen molar-refractivity contribution in [3.63, 3.8) is 0 Å². The first-order valence-corrected chi connectivity index (χ1v) is 8.43. The average Bonchev–Trinajstić information content (AvgIpc) is 2.67. The molecule has 0 aromatic heterocycles. The molecule has 0 spiro atoms. The first kappa shape index (κ1) is 17.6. The number of esters is 1. The maximum Gasteiger partial charge on any atom is 0.338 e. The van der Waals surface area contributed by atoms with Crippen LogP contribution in [-0.4, -0.2) is 36.2 Å². The summed E-state index contributed by atoms with van der Waals surface area (Å²) in [7, 11) is 0. The summed E-state index contributed by atoms with van der Waals surface area (Å²) in [5, 5.41) is 9.75. The minimum atomic E-state index is -0.850. The molecule has 1 N–H and O–H groups in total. The lowest BCUT2D eigenvalue weighted by Gasteiger charge is -2.34. The van der Waals surface area contributed by atoms with Gasteiger partial charge in [0.1, 0.15) is 12.7 Å². The van der Waals surface area contributed by atoms with Crippen molar-refractivity contribution in [3.05, 3.63) is 71.8 Å². The molecular weight excluding hydrogens is 320 g/mol. The Bertz CT molecular complexity index is 658. The Kier molecular flexibility index (Phi) is 6.17. The van der Waals surface area contributed by atoms with E-state index in [-0.39, 0.29) is 12.7 Å². The van der Waals surface area contributed by atoms with Crippen molar-refractivity contribution in [1.29, 1.82) is 0 Å². The van der Waals surface area contributed by atoms with Gasteiger partial charge in [0.2, 0.25) is 0 Å². The number of aliphatic hydroxyl groups is 1. The second-order valence-corrected chi connectivity index (χ2v) is 6.01. The molecule has 1 heterocycles. The number of aliphatic hydroxyl groups excluding tert-OH is 1. The number of benzene rings is 2. The minimum Gasteiger partial charge on any atom is -0.459 e. The Morgan fingerprint density at radius 3 is 2.44 bits per heavy atom. The molecular formula is C20H22O5. The zero-order valence-corrected chi connectivity index (χ0v) is 13.9. The van der Waals surface area contributed by atoms with E-state index in [0.29, 0.717) is 25.0 Å². The Hall–Kier alpha value is -2.21. The van der Waals surface area contributed by atoms with E-state index in [2.05, 4.69) is 0 Å². The Balaban J connectivity index is 1.55. The molecule has 2 aromatic rings. The molecule has 5 nitrogen and oxygen atoms in total. The van der Waals surface area contributed by atoms with Crippen LogP contribution >= 0.6 is 0 Å².